The molecule has 1 fully saturated rings. The molecule has 0 unspecified atom stereocenters. The summed E-state index contributed by atoms with van der Waals surface area (Å²) in [6.45, 7) is 3.26. The molecule has 16 heavy (non-hydrogen) atoms. The Labute approximate surface area is 102 Å². The number of hydrogen-bond acceptors (Lipinski definition) is 2. The highest BCUT2D eigenvalue weighted by molar-refractivity contribution is 5.85. The fourth-order valence-corrected chi connectivity index (χ4v) is 1.79. The molecule has 2 rings (SSSR count). The molecule has 0 radical (unpaired) electrons. The molecule has 1 amide bonds. The van der Waals surface area contributed by atoms with Crippen molar-refractivity contribution >= 4 is 18.3 Å². The summed E-state index contributed by atoms with van der Waals surface area (Å²) < 4.78 is 0. The lowest BCUT2D eigenvalue weighted by molar-refractivity contribution is -0.130. The number of benzene rings is 1. The zero-order chi connectivity index (χ0) is 10.5. The predicted octanol–water partition coefficient (Wildman–Crippen LogP) is 1.43. The van der Waals surface area contributed by atoms with E-state index in [0.717, 1.165) is 26.2 Å². The average molecular weight is 241 g/mol. The Kier molecular flexibility index (Phi) is 5.29. The Morgan fingerprint density at radius 1 is 1.19 bits per heavy atom. The Bertz CT molecular complexity index is 329. The summed E-state index contributed by atoms with van der Waals surface area (Å²) in [5.41, 5.74) is 1.20. The van der Waals surface area contributed by atoms with Gasteiger partial charge in [0, 0.05) is 32.6 Å². The van der Waals surface area contributed by atoms with Crippen molar-refractivity contribution in [3.8, 4) is 0 Å². The third-order valence-corrected chi connectivity index (χ3v) is 2.64. The molecule has 3 nitrogen and oxygen atoms in total. The maximum absolute atomic E-state index is 11.7. The summed E-state index contributed by atoms with van der Waals surface area (Å²) in [6.07, 6.45) is 0.618. The van der Waals surface area contributed by atoms with Crippen LogP contribution in [0.4, 0.5) is 0 Å². The minimum atomic E-state index is 0. The number of carbonyl (C=O) groups is 1. The summed E-state index contributed by atoms with van der Waals surface area (Å²) >= 11 is 0. The third kappa shape index (κ3) is 3.51. The van der Waals surface area contributed by atoms with Gasteiger partial charge in [0.25, 0.3) is 0 Å². The highest BCUT2D eigenvalue weighted by Crippen LogP contribution is 2.06. The van der Waals surface area contributed by atoms with Crippen molar-refractivity contribution < 1.29 is 4.79 Å². The SMILES string of the molecule is Cl.O=C1CCNCCN1Cc1ccccc1. The highest BCUT2D eigenvalue weighted by Gasteiger charge is 2.15. The van der Waals surface area contributed by atoms with Crippen molar-refractivity contribution in [2.45, 2.75) is 13.0 Å². The Morgan fingerprint density at radius 3 is 2.69 bits per heavy atom. The molecule has 0 spiro atoms. The quantitative estimate of drug-likeness (QED) is 0.848. The molecule has 0 aliphatic carbocycles. The first-order valence-electron chi connectivity index (χ1n) is 5.39. The number of rotatable bonds is 2. The molecule has 88 valence electrons. The van der Waals surface area contributed by atoms with Crippen molar-refractivity contribution in [3.63, 3.8) is 0 Å². The molecule has 1 aromatic rings. The van der Waals surface area contributed by atoms with Crippen LogP contribution < -0.4 is 5.32 Å². The Balaban J connectivity index is 0.00000128. The molecule has 4 heteroatoms. The van der Waals surface area contributed by atoms with E-state index in [1.807, 2.05) is 23.1 Å². The number of halogens is 1. The van der Waals surface area contributed by atoms with E-state index in [1.54, 1.807) is 0 Å². The molecule has 1 aliphatic rings. The van der Waals surface area contributed by atoms with Crippen molar-refractivity contribution in [2.75, 3.05) is 19.6 Å². The smallest absolute Gasteiger partial charge is 0.224 e. The van der Waals surface area contributed by atoms with E-state index in [9.17, 15) is 4.79 Å². The molecule has 1 saturated heterocycles. The zero-order valence-corrected chi connectivity index (χ0v) is 10.0. The second-order valence-electron chi connectivity index (χ2n) is 3.80. The molecule has 0 atom stereocenters. The van der Waals surface area contributed by atoms with Gasteiger partial charge in [-0.2, -0.15) is 0 Å². The van der Waals surface area contributed by atoms with Gasteiger partial charge in [-0.1, -0.05) is 30.3 Å². The van der Waals surface area contributed by atoms with Gasteiger partial charge in [-0.25, -0.2) is 0 Å². The summed E-state index contributed by atoms with van der Waals surface area (Å²) in [4.78, 5) is 13.6. The number of hydrogen-bond donors (Lipinski definition) is 1. The van der Waals surface area contributed by atoms with Gasteiger partial charge in [0.2, 0.25) is 5.91 Å². The van der Waals surface area contributed by atoms with E-state index >= 15 is 0 Å². The predicted molar refractivity (Wildman–Crippen MR) is 66.6 cm³/mol. The normalized spacial score (nSPS) is 16.5. The zero-order valence-electron chi connectivity index (χ0n) is 9.19. The second-order valence-corrected chi connectivity index (χ2v) is 3.80. The number of carbonyl (C=O) groups excluding carboxylic acids is 1. The van der Waals surface area contributed by atoms with Gasteiger partial charge in [-0.3, -0.25) is 4.79 Å². The fourth-order valence-electron chi connectivity index (χ4n) is 1.79. The van der Waals surface area contributed by atoms with Crippen LogP contribution >= 0.6 is 12.4 Å². The molecule has 1 heterocycles. The van der Waals surface area contributed by atoms with Gasteiger partial charge in [0.05, 0.1) is 0 Å². The molecule has 0 bridgehead atoms. The van der Waals surface area contributed by atoms with Gasteiger partial charge in [-0.15, -0.1) is 12.4 Å². The maximum atomic E-state index is 11.7. The van der Waals surface area contributed by atoms with Gasteiger partial charge in [-0.05, 0) is 5.56 Å². The first kappa shape index (κ1) is 13.0. The van der Waals surface area contributed by atoms with E-state index < -0.39 is 0 Å². The summed E-state index contributed by atoms with van der Waals surface area (Å²) in [6, 6.07) is 10.1. The van der Waals surface area contributed by atoms with E-state index in [4.69, 9.17) is 0 Å². The maximum Gasteiger partial charge on any atom is 0.224 e. The van der Waals surface area contributed by atoms with Gasteiger partial charge < -0.3 is 10.2 Å². The molecule has 1 N–H and O–H groups in total. The van der Waals surface area contributed by atoms with Gasteiger partial charge >= 0.3 is 0 Å². The van der Waals surface area contributed by atoms with E-state index in [2.05, 4.69) is 17.4 Å². The molecule has 1 aliphatic heterocycles. The standard InChI is InChI=1S/C12H16N2O.ClH/c15-12-6-7-13-8-9-14(12)10-11-4-2-1-3-5-11;/h1-5,13H,6-10H2;1H. The van der Waals surface area contributed by atoms with E-state index in [1.165, 1.54) is 5.56 Å². The highest BCUT2D eigenvalue weighted by atomic mass is 35.5. The van der Waals surface area contributed by atoms with Crippen LogP contribution in [0.25, 0.3) is 0 Å². The van der Waals surface area contributed by atoms with E-state index in [0.29, 0.717) is 6.42 Å². The van der Waals surface area contributed by atoms with Crippen molar-refractivity contribution in [1.29, 1.82) is 0 Å². The molecule has 1 aromatic carbocycles. The first-order chi connectivity index (χ1) is 7.36. The lowest BCUT2D eigenvalue weighted by Gasteiger charge is -2.20. The van der Waals surface area contributed by atoms with Crippen LogP contribution in [0.1, 0.15) is 12.0 Å². The molecular formula is C12H17ClN2O. The third-order valence-electron chi connectivity index (χ3n) is 2.64. The largest absolute Gasteiger partial charge is 0.337 e. The Morgan fingerprint density at radius 2 is 1.94 bits per heavy atom. The van der Waals surface area contributed by atoms with Crippen molar-refractivity contribution in [3.05, 3.63) is 35.9 Å². The monoisotopic (exact) mass is 240 g/mol. The summed E-state index contributed by atoms with van der Waals surface area (Å²) in [5, 5.41) is 3.23. The van der Waals surface area contributed by atoms with Crippen molar-refractivity contribution in [1.82, 2.24) is 10.2 Å². The van der Waals surface area contributed by atoms with Crippen molar-refractivity contribution in [2.24, 2.45) is 0 Å². The van der Waals surface area contributed by atoms with Gasteiger partial charge in [0.1, 0.15) is 0 Å². The molecular weight excluding hydrogens is 224 g/mol. The summed E-state index contributed by atoms with van der Waals surface area (Å²) in [7, 11) is 0. The molecule has 0 aromatic heterocycles. The number of nitrogens with zero attached hydrogens (tertiary/aromatic N) is 1. The van der Waals surface area contributed by atoms with Crippen LogP contribution in [0, 0.1) is 0 Å². The molecule has 0 saturated carbocycles. The second kappa shape index (κ2) is 6.51. The first-order valence-corrected chi connectivity index (χ1v) is 5.39. The van der Waals surface area contributed by atoms with Crippen LogP contribution in [0.15, 0.2) is 30.3 Å². The van der Waals surface area contributed by atoms with Crippen LogP contribution in [-0.4, -0.2) is 30.4 Å². The van der Waals surface area contributed by atoms with E-state index in [-0.39, 0.29) is 18.3 Å². The number of amides is 1. The van der Waals surface area contributed by atoms with Crippen LogP contribution in [-0.2, 0) is 11.3 Å². The van der Waals surface area contributed by atoms with Gasteiger partial charge in [0.15, 0.2) is 0 Å². The van der Waals surface area contributed by atoms with Crippen LogP contribution in [0.3, 0.4) is 0 Å². The fraction of sp³-hybridized carbons (Fsp3) is 0.417. The minimum absolute atomic E-state index is 0. The topological polar surface area (TPSA) is 32.3 Å². The lowest BCUT2D eigenvalue weighted by atomic mass is 10.2. The average Bonchev–Trinajstić information content (AvgIpc) is 2.46. The summed E-state index contributed by atoms with van der Waals surface area (Å²) in [5.74, 6) is 0.254. The number of nitrogens with one attached hydrogen (secondary N) is 1. The minimum Gasteiger partial charge on any atom is -0.337 e. The Hall–Kier alpha value is -1.06. The van der Waals surface area contributed by atoms with Crippen LogP contribution in [0.5, 0.6) is 0 Å². The van der Waals surface area contributed by atoms with Crippen LogP contribution in [0.2, 0.25) is 0 Å². The lowest BCUT2D eigenvalue weighted by Crippen LogP contribution is -2.31.